The fourth-order valence-corrected chi connectivity index (χ4v) is 3.19. The van der Waals surface area contributed by atoms with E-state index in [9.17, 15) is 9.59 Å². The summed E-state index contributed by atoms with van der Waals surface area (Å²) in [6.07, 6.45) is 0.832. The summed E-state index contributed by atoms with van der Waals surface area (Å²) in [6, 6.07) is 12.7. The van der Waals surface area contributed by atoms with Crippen LogP contribution in [-0.4, -0.2) is 38.7 Å². The number of esters is 1. The van der Waals surface area contributed by atoms with Crippen LogP contribution in [0.5, 0.6) is 11.5 Å². The fourth-order valence-electron chi connectivity index (χ4n) is 3.19. The van der Waals surface area contributed by atoms with E-state index in [2.05, 4.69) is 0 Å². The van der Waals surface area contributed by atoms with Crippen LogP contribution in [0.25, 0.3) is 0 Å². The number of carbonyl (C=O) groups excluding carboxylic acids is 2. The molecular weight excluding hydrogens is 334 g/mol. The molecule has 0 aliphatic carbocycles. The van der Waals surface area contributed by atoms with Crippen molar-refractivity contribution in [1.82, 2.24) is 0 Å². The highest BCUT2D eigenvalue weighted by Crippen LogP contribution is 2.32. The van der Waals surface area contributed by atoms with Gasteiger partial charge in [0, 0.05) is 11.7 Å². The molecule has 0 spiro atoms. The van der Waals surface area contributed by atoms with E-state index in [1.165, 1.54) is 20.3 Å². The van der Waals surface area contributed by atoms with Gasteiger partial charge >= 0.3 is 5.97 Å². The predicted molar refractivity (Wildman–Crippen MR) is 96.9 cm³/mol. The highest BCUT2D eigenvalue weighted by Gasteiger charge is 2.30. The molecule has 1 amide bonds. The number of ether oxygens (including phenoxy) is 3. The SMILES string of the molecule is COC(=O)c1ccc(OCC(=O)N2c3ccccc3C[C@H]2C)c(OC)c1. The Morgan fingerprint density at radius 1 is 1.12 bits per heavy atom. The van der Waals surface area contributed by atoms with Gasteiger partial charge in [-0.05, 0) is 43.2 Å². The standard InChI is InChI=1S/C20H21NO5/c1-13-10-14-6-4-5-7-16(14)21(13)19(22)12-26-17-9-8-15(20(23)25-3)11-18(17)24-2/h4-9,11,13H,10,12H2,1-3H3/t13-/m1/s1. The number of hydrogen-bond donors (Lipinski definition) is 0. The van der Waals surface area contributed by atoms with Crippen LogP contribution in [0.4, 0.5) is 5.69 Å². The van der Waals surface area contributed by atoms with Crippen molar-refractivity contribution in [2.45, 2.75) is 19.4 Å². The summed E-state index contributed by atoms with van der Waals surface area (Å²) in [7, 11) is 2.79. The maximum absolute atomic E-state index is 12.7. The number of benzene rings is 2. The molecule has 1 heterocycles. The van der Waals surface area contributed by atoms with Gasteiger partial charge in [-0.25, -0.2) is 4.79 Å². The quantitative estimate of drug-likeness (QED) is 0.772. The van der Waals surface area contributed by atoms with Crippen molar-refractivity contribution in [3.05, 3.63) is 53.6 Å². The molecule has 26 heavy (non-hydrogen) atoms. The van der Waals surface area contributed by atoms with Crippen molar-refractivity contribution >= 4 is 17.6 Å². The van der Waals surface area contributed by atoms with Crippen molar-refractivity contribution in [2.75, 3.05) is 25.7 Å². The minimum Gasteiger partial charge on any atom is -0.493 e. The van der Waals surface area contributed by atoms with Crippen LogP contribution >= 0.6 is 0 Å². The molecule has 1 aliphatic heterocycles. The Kier molecular flexibility index (Phi) is 5.11. The number of rotatable bonds is 5. The normalized spacial score (nSPS) is 15.3. The van der Waals surface area contributed by atoms with Crippen molar-refractivity contribution < 1.29 is 23.8 Å². The highest BCUT2D eigenvalue weighted by molar-refractivity contribution is 5.97. The first kappa shape index (κ1) is 17.8. The molecule has 0 aromatic heterocycles. The smallest absolute Gasteiger partial charge is 0.337 e. The molecule has 2 aromatic carbocycles. The predicted octanol–water partition coefficient (Wildman–Crippen LogP) is 2.84. The van der Waals surface area contributed by atoms with Crippen LogP contribution in [-0.2, 0) is 16.0 Å². The van der Waals surface area contributed by atoms with Crippen LogP contribution in [0.2, 0.25) is 0 Å². The molecule has 0 bridgehead atoms. The molecule has 0 unspecified atom stereocenters. The highest BCUT2D eigenvalue weighted by atomic mass is 16.5. The minimum absolute atomic E-state index is 0.0899. The second-order valence-corrected chi connectivity index (χ2v) is 6.09. The maximum Gasteiger partial charge on any atom is 0.337 e. The number of para-hydroxylation sites is 1. The lowest BCUT2D eigenvalue weighted by Gasteiger charge is -2.23. The van der Waals surface area contributed by atoms with E-state index in [0.29, 0.717) is 17.1 Å². The number of fused-ring (bicyclic) bond motifs is 1. The van der Waals surface area contributed by atoms with Gasteiger partial charge in [0.2, 0.25) is 0 Å². The topological polar surface area (TPSA) is 65.1 Å². The largest absolute Gasteiger partial charge is 0.493 e. The van der Waals surface area contributed by atoms with Gasteiger partial charge in [0.1, 0.15) is 0 Å². The molecule has 0 N–H and O–H groups in total. The van der Waals surface area contributed by atoms with E-state index >= 15 is 0 Å². The van der Waals surface area contributed by atoms with E-state index in [0.717, 1.165) is 17.7 Å². The zero-order valence-corrected chi connectivity index (χ0v) is 15.0. The molecule has 2 aromatic rings. The molecule has 0 fully saturated rings. The summed E-state index contributed by atoms with van der Waals surface area (Å²) >= 11 is 0. The van der Waals surface area contributed by atoms with Crippen LogP contribution in [0, 0.1) is 0 Å². The van der Waals surface area contributed by atoms with Crippen LogP contribution in [0.1, 0.15) is 22.8 Å². The molecule has 0 radical (unpaired) electrons. The third-order valence-electron chi connectivity index (χ3n) is 4.41. The van der Waals surface area contributed by atoms with Gasteiger partial charge in [0.05, 0.1) is 19.8 Å². The van der Waals surface area contributed by atoms with Crippen LogP contribution < -0.4 is 14.4 Å². The first-order chi connectivity index (χ1) is 12.5. The Morgan fingerprint density at radius 2 is 1.88 bits per heavy atom. The third kappa shape index (κ3) is 3.35. The average Bonchev–Trinajstić information content (AvgIpc) is 3.01. The summed E-state index contributed by atoms with van der Waals surface area (Å²) in [5.41, 5.74) is 2.44. The molecule has 6 heteroatoms. The lowest BCUT2D eigenvalue weighted by molar-refractivity contribution is -0.120. The molecule has 3 rings (SSSR count). The average molecular weight is 355 g/mol. The zero-order valence-electron chi connectivity index (χ0n) is 15.0. The number of carbonyl (C=O) groups is 2. The molecule has 1 atom stereocenters. The molecule has 1 aliphatic rings. The number of hydrogen-bond acceptors (Lipinski definition) is 5. The number of amides is 1. The Bertz CT molecular complexity index is 833. The first-order valence-corrected chi connectivity index (χ1v) is 8.34. The molecule has 0 saturated carbocycles. The number of methoxy groups -OCH3 is 2. The lowest BCUT2D eigenvalue weighted by Crippen LogP contribution is -2.39. The van der Waals surface area contributed by atoms with E-state index in [-0.39, 0.29) is 18.6 Å². The summed E-state index contributed by atoms with van der Waals surface area (Å²) in [4.78, 5) is 26.1. The fraction of sp³-hybridized carbons (Fsp3) is 0.300. The second kappa shape index (κ2) is 7.47. The Hall–Kier alpha value is -3.02. The number of anilines is 1. The van der Waals surface area contributed by atoms with Gasteiger partial charge in [-0.2, -0.15) is 0 Å². The van der Waals surface area contributed by atoms with Crippen molar-refractivity contribution in [2.24, 2.45) is 0 Å². The maximum atomic E-state index is 12.7. The Morgan fingerprint density at radius 3 is 2.62 bits per heavy atom. The Balaban J connectivity index is 1.73. The van der Waals surface area contributed by atoms with E-state index in [1.54, 1.807) is 17.0 Å². The summed E-state index contributed by atoms with van der Waals surface area (Å²) in [5, 5.41) is 0. The lowest BCUT2D eigenvalue weighted by atomic mass is 10.1. The van der Waals surface area contributed by atoms with Crippen molar-refractivity contribution in [1.29, 1.82) is 0 Å². The molecule has 6 nitrogen and oxygen atoms in total. The monoisotopic (exact) mass is 355 g/mol. The van der Waals surface area contributed by atoms with E-state index in [4.69, 9.17) is 14.2 Å². The molecule has 0 saturated heterocycles. The Labute approximate surface area is 152 Å². The molecule has 136 valence electrons. The van der Waals surface area contributed by atoms with Crippen LogP contribution in [0.3, 0.4) is 0 Å². The van der Waals surface area contributed by atoms with E-state index < -0.39 is 5.97 Å². The van der Waals surface area contributed by atoms with Crippen LogP contribution in [0.15, 0.2) is 42.5 Å². The first-order valence-electron chi connectivity index (χ1n) is 8.34. The summed E-state index contributed by atoms with van der Waals surface area (Å²) < 4.78 is 15.6. The number of nitrogens with zero attached hydrogens (tertiary/aromatic N) is 1. The third-order valence-corrected chi connectivity index (χ3v) is 4.41. The summed E-state index contributed by atoms with van der Waals surface area (Å²) in [6.45, 7) is 1.90. The van der Waals surface area contributed by atoms with Gasteiger partial charge in [-0.1, -0.05) is 18.2 Å². The molecular formula is C20H21NO5. The van der Waals surface area contributed by atoms with Gasteiger partial charge in [0.25, 0.3) is 5.91 Å². The van der Waals surface area contributed by atoms with Gasteiger partial charge in [0.15, 0.2) is 18.1 Å². The van der Waals surface area contributed by atoms with Gasteiger partial charge < -0.3 is 19.1 Å². The summed E-state index contributed by atoms with van der Waals surface area (Å²) in [5.74, 6) is 0.180. The van der Waals surface area contributed by atoms with Crippen molar-refractivity contribution in [3.8, 4) is 11.5 Å². The van der Waals surface area contributed by atoms with Crippen molar-refractivity contribution in [3.63, 3.8) is 0 Å². The minimum atomic E-state index is -0.464. The second-order valence-electron chi connectivity index (χ2n) is 6.09. The van der Waals surface area contributed by atoms with E-state index in [1.807, 2.05) is 31.2 Å². The zero-order chi connectivity index (χ0) is 18.7. The van der Waals surface area contributed by atoms with Gasteiger partial charge in [-0.3, -0.25) is 4.79 Å². The van der Waals surface area contributed by atoms with Gasteiger partial charge in [-0.15, -0.1) is 0 Å².